The van der Waals surface area contributed by atoms with E-state index in [0.29, 0.717) is 31.5 Å². The van der Waals surface area contributed by atoms with Crippen molar-refractivity contribution in [3.63, 3.8) is 0 Å². The van der Waals surface area contributed by atoms with Gasteiger partial charge in [0.25, 0.3) is 0 Å². The molecule has 4 heterocycles. The number of pyridine rings is 1. The van der Waals surface area contributed by atoms with Crippen LogP contribution in [0.3, 0.4) is 0 Å². The Morgan fingerprint density at radius 1 is 0.846 bits per heavy atom. The van der Waals surface area contributed by atoms with Gasteiger partial charge in [-0.2, -0.15) is 9.97 Å². The molecule has 1 aliphatic carbocycles. The van der Waals surface area contributed by atoms with Crippen molar-refractivity contribution in [2.45, 2.75) is 37.9 Å². The van der Waals surface area contributed by atoms with Crippen LogP contribution in [0, 0.1) is 0 Å². The molecule has 7 rings (SSSR count). The highest BCUT2D eigenvalue weighted by molar-refractivity contribution is 5.66. The molecule has 0 unspecified atom stereocenters. The van der Waals surface area contributed by atoms with Crippen LogP contribution >= 0.6 is 0 Å². The SMILES string of the molecule is c1ccc(COc2cccc(Nc3ccc(-c4nc5c(c(N6CCOCC6)n4)CCC4(CC4)O5)cc3)n2)cc1. The fraction of sp³-hybridized carbons (Fsp3) is 0.323. The predicted octanol–water partition coefficient (Wildman–Crippen LogP) is 5.56. The van der Waals surface area contributed by atoms with E-state index in [0.717, 1.165) is 78.7 Å². The van der Waals surface area contributed by atoms with E-state index in [1.807, 2.05) is 72.8 Å². The highest BCUT2D eigenvalue weighted by Crippen LogP contribution is 2.49. The first-order chi connectivity index (χ1) is 19.2. The van der Waals surface area contributed by atoms with Gasteiger partial charge in [-0.3, -0.25) is 0 Å². The van der Waals surface area contributed by atoms with Gasteiger partial charge in [0.2, 0.25) is 11.8 Å². The quantitative estimate of drug-likeness (QED) is 0.339. The molecule has 1 saturated heterocycles. The van der Waals surface area contributed by atoms with E-state index in [1.54, 1.807) is 0 Å². The number of morpholine rings is 1. The molecule has 198 valence electrons. The molecule has 8 nitrogen and oxygen atoms in total. The number of ether oxygens (including phenoxy) is 3. The largest absolute Gasteiger partial charge is 0.473 e. The minimum absolute atomic E-state index is 0.00102. The van der Waals surface area contributed by atoms with Crippen molar-refractivity contribution in [3.8, 4) is 23.1 Å². The zero-order valence-corrected chi connectivity index (χ0v) is 21.8. The zero-order valence-electron chi connectivity index (χ0n) is 21.8. The molecule has 1 spiro atoms. The predicted molar refractivity (Wildman–Crippen MR) is 150 cm³/mol. The molecule has 0 atom stereocenters. The second-order valence-electron chi connectivity index (χ2n) is 10.4. The first-order valence-electron chi connectivity index (χ1n) is 13.7. The number of hydrogen-bond donors (Lipinski definition) is 1. The molecule has 0 radical (unpaired) electrons. The summed E-state index contributed by atoms with van der Waals surface area (Å²) in [6, 6.07) is 23.9. The summed E-state index contributed by atoms with van der Waals surface area (Å²) in [6.45, 7) is 3.57. The van der Waals surface area contributed by atoms with Crippen LogP contribution in [0.1, 0.15) is 30.4 Å². The Kier molecular flexibility index (Phi) is 6.25. The summed E-state index contributed by atoms with van der Waals surface area (Å²) in [5, 5.41) is 3.37. The maximum Gasteiger partial charge on any atom is 0.222 e. The van der Waals surface area contributed by atoms with Gasteiger partial charge in [-0.1, -0.05) is 36.4 Å². The summed E-state index contributed by atoms with van der Waals surface area (Å²) in [7, 11) is 0. The third kappa shape index (κ3) is 5.25. The molecule has 1 N–H and O–H groups in total. The normalized spacial score (nSPS) is 17.3. The molecular formula is C31H31N5O3. The average molecular weight is 522 g/mol. The Hall–Kier alpha value is -4.17. The van der Waals surface area contributed by atoms with E-state index in [4.69, 9.17) is 24.2 Å². The van der Waals surface area contributed by atoms with E-state index in [1.165, 1.54) is 0 Å². The van der Waals surface area contributed by atoms with Gasteiger partial charge in [0.05, 0.1) is 18.8 Å². The number of hydrogen-bond acceptors (Lipinski definition) is 8. The Morgan fingerprint density at radius 3 is 2.46 bits per heavy atom. The Bertz CT molecular complexity index is 1450. The van der Waals surface area contributed by atoms with Gasteiger partial charge < -0.3 is 24.4 Å². The van der Waals surface area contributed by atoms with Gasteiger partial charge in [-0.05, 0) is 61.6 Å². The molecule has 2 aromatic carbocycles. The molecule has 39 heavy (non-hydrogen) atoms. The van der Waals surface area contributed by atoms with Gasteiger partial charge in [-0.25, -0.2) is 4.98 Å². The highest BCUT2D eigenvalue weighted by Gasteiger charge is 2.48. The molecular weight excluding hydrogens is 490 g/mol. The minimum atomic E-state index is 0.00102. The van der Waals surface area contributed by atoms with Gasteiger partial charge in [0, 0.05) is 30.4 Å². The third-order valence-corrected chi connectivity index (χ3v) is 7.58. The Morgan fingerprint density at radius 2 is 1.67 bits per heavy atom. The van der Waals surface area contributed by atoms with Crippen molar-refractivity contribution in [3.05, 3.63) is 83.9 Å². The van der Waals surface area contributed by atoms with E-state index in [9.17, 15) is 0 Å². The summed E-state index contributed by atoms with van der Waals surface area (Å²) >= 11 is 0. The lowest BCUT2D eigenvalue weighted by Crippen LogP contribution is -2.38. The number of fused-ring (bicyclic) bond motifs is 1. The Balaban J connectivity index is 1.10. The second kappa shape index (κ2) is 10.2. The maximum atomic E-state index is 6.44. The first-order valence-corrected chi connectivity index (χ1v) is 13.7. The summed E-state index contributed by atoms with van der Waals surface area (Å²) in [5.74, 6) is 3.73. The third-order valence-electron chi connectivity index (χ3n) is 7.58. The van der Waals surface area contributed by atoms with Crippen LogP contribution in [0.4, 0.5) is 17.3 Å². The number of benzene rings is 2. The van der Waals surface area contributed by atoms with Crippen LogP contribution < -0.4 is 19.7 Å². The smallest absolute Gasteiger partial charge is 0.222 e. The van der Waals surface area contributed by atoms with Crippen molar-refractivity contribution >= 4 is 17.3 Å². The zero-order chi connectivity index (χ0) is 26.1. The van der Waals surface area contributed by atoms with Crippen molar-refractivity contribution in [2.24, 2.45) is 0 Å². The molecule has 0 bridgehead atoms. The van der Waals surface area contributed by atoms with Crippen LogP contribution in [0.2, 0.25) is 0 Å². The molecule has 1 saturated carbocycles. The second-order valence-corrected chi connectivity index (χ2v) is 10.4. The van der Waals surface area contributed by atoms with E-state index in [-0.39, 0.29) is 5.60 Å². The molecule has 4 aromatic rings. The van der Waals surface area contributed by atoms with E-state index >= 15 is 0 Å². The number of nitrogens with one attached hydrogen (secondary N) is 1. The summed E-state index contributed by atoms with van der Waals surface area (Å²) in [5.41, 5.74) is 4.11. The van der Waals surface area contributed by atoms with Crippen molar-refractivity contribution in [1.29, 1.82) is 0 Å². The fourth-order valence-electron chi connectivity index (χ4n) is 5.17. The van der Waals surface area contributed by atoms with Crippen LogP contribution in [0.25, 0.3) is 11.4 Å². The monoisotopic (exact) mass is 521 g/mol. The lowest BCUT2D eigenvalue weighted by atomic mass is 10.0. The van der Waals surface area contributed by atoms with Crippen molar-refractivity contribution in [2.75, 3.05) is 36.5 Å². The van der Waals surface area contributed by atoms with Gasteiger partial charge in [0.15, 0.2) is 5.82 Å². The van der Waals surface area contributed by atoms with Gasteiger partial charge >= 0.3 is 0 Å². The maximum absolute atomic E-state index is 6.44. The lowest BCUT2D eigenvalue weighted by molar-refractivity contribution is 0.121. The highest BCUT2D eigenvalue weighted by atomic mass is 16.5. The average Bonchev–Trinajstić information content (AvgIpc) is 3.75. The fourth-order valence-corrected chi connectivity index (χ4v) is 5.17. The van der Waals surface area contributed by atoms with Gasteiger partial charge in [0.1, 0.15) is 23.8 Å². The number of aromatic nitrogens is 3. The summed E-state index contributed by atoms with van der Waals surface area (Å²) in [6.07, 6.45) is 4.25. The summed E-state index contributed by atoms with van der Waals surface area (Å²) < 4.78 is 17.9. The standard InChI is InChI=1S/C31H31N5O3/c1-2-5-22(6-3-1)21-38-27-8-4-7-26(33-27)32-24-11-9-23(10-12-24)28-34-29(36-17-19-37-20-18-36)25-13-14-31(15-16-31)39-30(25)35-28/h1-12H,13-21H2,(H,32,33). The molecule has 2 aliphatic heterocycles. The van der Waals surface area contributed by atoms with Crippen LogP contribution in [-0.2, 0) is 17.8 Å². The van der Waals surface area contributed by atoms with Crippen molar-refractivity contribution in [1.82, 2.24) is 15.0 Å². The molecule has 3 aliphatic rings. The number of nitrogens with zero attached hydrogens (tertiary/aromatic N) is 4. The Labute approximate surface area is 228 Å². The topological polar surface area (TPSA) is 81.6 Å². The molecule has 2 aromatic heterocycles. The van der Waals surface area contributed by atoms with E-state index < -0.39 is 0 Å². The van der Waals surface area contributed by atoms with Crippen LogP contribution in [-0.4, -0.2) is 46.9 Å². The summed E-state index contributed by atoms with van der Waals surface area (Å²) in [4.78, 5) is 16.9. The molecule has 0 amide bonds. The van der Waals surface area contributed by atoms with Crippen LogP contribution in [0.15, 0.2) is 72.8 Å². The van der Waals surface area contributed by atoms with Crippen molar-refractivity contribution < 1.29 is 14.2 Å². The van der Waals surface area contributed by atoms with E-state index in [2.05, 4.69) is 15.2 Å². The lowest BCUT2D eigenvalue weighted by Gasteiger charge is -2.33. The van der Waals surface area contributed by atoms with Crippen LogP contribution in [0.5, 0.6) is 11.8 Å². The van der Waals surface area contributed by atoms with Gasteiger partial charge in [-0.15, -0.1) is 0 Å². The molecule has 2 fully saturated rings. The number of anilines is 3. The number of rotatable bonds is 7. The molecule has 8 heteroatoms. The first kappa shape index (κ1) is 23.9. The minimum Gasteiger partial charge on any atom is -0.473 e.